The minimum atomic E-state index is -0.272. The Hall–Kier alpha value is -1.54. The van der Waals surface area contributed by atoms with Gasteiger partial charge in [-0.25, -0.2) is 5.43 Å². The second-order valence-corrected chi connectivity index (χ2v) is 6.36. The topological polar surface area (TPSA) is 50.7 Å². The van der Waals surface area contributed by atoms with Crippen molar-refractivity contribution in [2.45, 2.75) is 4.90 Å². The molecule has 0 aromatic heterocycles. The van der Waals surface area contributed by atoms with E-state index < -0.39 is 0 Å². The van der Waals surface area contributed by atoms with Gasteiger partial charge in [-0.05, 0) is 64.7 Å². The molecule has 0 aliphatic heterocycles. The lowest BCUT2D eigenvalue weighted by atomic mass is 10.2. The van der Waals surface area contributed by atoms with Crippen molar-refractivity contribution < 1.29 is 9.53 Å². The molecule has 22 heavy (non-hydrogen) atoms. The zero-order valence-electron chi connectivity index (χ0n) is 12.2. The monoisotopic (exact) mass is 426 g/mol. The highest BCUT2D eigenvalue weighted by atomic mass is 127. The number of carbonyl (C=O) groups is 1. The average Bonchev–Trinajstić information content (AvgIpc) is 2.55. The van der Waals surface area contributed by atoms with Crippen molar-refractivity contribution in [3.63, 3.8) is 0 Å². The molecule has 0 aliphatic carbocycles. The van der Waals surface area contributed by atoms with Gasteiger partial charge in [0.2, 0.25) is 0 Å². The van der Waals surface area contributed by atoms with E-state index in [-0.39, 0.29) is 5.91 Å². The van der Waals surface area contributed by atoms with Crippen LogP contribution in [0.5, 0.6) is 5.75 Å². The van der Waals surface area contributed by atoms with Crippen LogP contribution in [0.1, 0.15) is 15.9 Å². The highest BCUT2D eigenvalue weighted by Crippen LogP contribution is 2.21. The SMILES string of the molecule is COc1cc(C(=O)NN=Cc2ccc(SC)cc2)ccc1I. The molecule has 0 saturated carbocycles. The summed E-state index contributed by atoms with van der Waals surface area (Å²) in [7, 11) is 1.58. The standard InChI is InChI=1S/C16H15IN2O2S/c1-21-15-9-12(5-8-14(15)17)16(20)19-18-10-11-3-6-13(22-2)7-4-11/h3-10H,1-2H3,(H,19,20). The third-order valence-electron chi connectivity index (χ3n) is 2.91. The number of ether oxygens (including phenoxy) is 1. The first-order chi connectivity index (χ1) is 10.6. The third-order valence-corrected chi connectivity index (χ3v) is 4.54. The summed E-state index contributed by atoms with van der Waals surface area (Å²) in [6.45, 7) is 0. The number of hydrazone groups is 1. The van der Waals surface area contributed by atoms with E-state index in [1.54, 1.807) is 37.2 Å². The van der Waals surface area contributed by atoms with E-state index in [0.717, 1.165) is 9.13 Å². The van der Waals surface area contributed by atoms with Gasteiger partial charge in [-0.1, -0.05) is 12.1 Å². The summed E-state index contributed by atoms with van der Waals surface area (Å²) < 4.78 is 6.16. The van der Waals surface area contributed by atoms with E-state index in [4.69, 9.17) is 4.74 Å². The number of benzene rings is 2. The lowest BCUT2D eigenvalue weighted by Crippen LogP contribution is -2.17. The van der Waals surface area contributed by atoms with E-state index in [0.29, 0.717) is 11.3 Å². The summed E-state index contributed by atoms with van der Waals surface area (Å²) in [6.07, 6.45) is 3.64. The van der Waals surface area contributed by atoms with Gasteiger partial charge in [0.1, 0.15) is 5.75 Å². The summed E-state index contributed by atoms with van der Waals surface area (Å²) in [5.74, 6) is 0.400. The van der Waals surface area contributed by atoms with E-state index in [9.17, 15) is 4.79 Å². The van der Waals surface area contributed by atoms with Gasteiger partial charge in [-0.15, -0.1) is 11.8 Å². The maximum absolute atomic E-state index is 12.0. The second kappa shape index (κ2) is 8.19. The van der Waals surface area contributed by atoms with Gasteiger partial charge in [0, 0.05) is 10.5 Å². The Morgan fingerprint density at radius 2 is 2.00 bits per heavy atom. The van der Waals surface area contributed by atoms with Crippen LogP contribution in [0.25, 0.3) is 0 Å². The average molecular weight is 426 g/mol. The fourth-order valence-corrected chi connectivity index (χ4v) is 2.68. The smallest absolute Gasteiger partial charge is 0.271 e. The fourth-order valence-electron chi connectivity index (χ4n) is 1.72. The van der Waals surface area contributed by atoms with Gasteiger partial charge in [0.15, 0.2) is 0 Å². The molecule has 6 heteroatoms. The summed E-state index contributed by atoms with van der Waals surface area (Å²) in [6, 6.07) is 13.2. The van der Waals surface area contributed by atoms with Crippen molar-refractivity contribution >= 4 is 46.5 Å². The molecule has 1 N–H and O–H groups in total. The predicted molar refractivity (Wildman–Crippen MR) is 99.0 cm³/mol. The third kappa shape index (κ3) is 4.48. The van der Waals surface area contributed by atoms with Gasteiger partial charge in [0.05, 0.1) is 16.9 Å². The van der Waals surface area contributed by atoms with Crippen LogP contribution in [-0.4, -0.2) is 25.5 Å². The molecule has 2 aromatic carbocycles. The van der Waals surface area contributed by atoms with Gasteiger partial charge < -0.3 is 4.74 Å². The minimum absolute atomic E-state index is 0.272. The van der Waals surface area contributed by atoms with Crippen molar-refractivity contribution in [3.8, 4) is 5.75 Å². The van der Waals surface area contributed by atoms with Crippen molar-refractivity contribution in [1.29, 1.82) is 0 Å². The van der Waals surface area contributed by atoms with Crippen LogP contribution in [-0.2, 0) is 0 Å². The molecule has 2 rings (SSSR count). The van der Waals surface area contributed by atoms with Crippen molar-refractivity contribution in [2.24, 2.45) is 5.10 Å². The first-order valence-electron chi connectivity index (χ1n) is 6.45. The molecule has 0 fully saturated rings. The lowest BCUT2D eigenvalue weighted by Gasteiger charge is -2.05. The Labute approximate surface area is 147 Å². The molecular formula is C16H15IN2O2S. The zero-order valence-corrected chi connectivity index (χ0v) is 15.1. The van der Waals surface area contributed by atoms with Crippen LogP contribution in [0, 0.1) is 3.57 Å². The molecule has 0 radical (unpaired) electrons. The number of nitrogens with one attached hydrogen (secondary N) is 1. The number of rotatable bonds is 5. The number of carbonyl (C=O) groups excluding carboxylic acids is 1. The summed E-state index contributed by atoms with van der Waals surface area (Å²) in [5, 5.41) is 3.98. The van der Waals surface area contributed by atoms with Crippen molar-refractivity contribution in [2.75, 3.05) is 13.4 Å². The van der Waals surface area contributed by atoms with Gasteiger partial charge in [0.25, 0.3) is 5.91 Å². The highest BCUT2D eigenvalue weighted by molar-refractivity contribution is 14.1. The number of nitrogens with zero attached hydrogens (tertiary/aromatic N) is 1. The molecule has 4 nitrogen and oxygen atoms in total. The minimum Gasteiger partial charge on any atom is -0.496 e. The summed E-state index contributed by atoms with van der Waals surface area (Å²) in [4.78, 5) is 13.2. The Balaban J connectivity index is 2.01. The summed E-state index contributed by atoms with van der Waals surface area (Å²) in [5.41, 5.74) is 3.95. The Morgan fingerprint density at radius 1 is 1.27 bits per heavy atom. The normalized spacial score (nSPS) is 10.7. The van der Waals surface area contributed by atoms with Crippen LogP contribution in [0.4, 0.5) is 0 Å². The lowest BCUT2D eigenvalue weighted by molar-refractivity contribution is 0.0955. The van der Waals surface area contributed by atoms with Gasteiger partial charge >= 0.3 is 0 Å². The number of thioether (sulfide) groups is 1. The van der Waals surface area contributed by atoms with E-state index in [1.807, 2.05) is 36.6 Å². The van der Waals surface area contributed by atoms with Crippen LogP contribution in [0.2, 0.25) is 0 Å². The first kappa shape index (κ1) is 16.8. The molecule has 0 heterocycles. The summed E-state index contributed by atoms with van der Waals surface area (Å²) >= 11 is 3.84. The number of hydrogen-bond donors (Lipinski definition) is 1. The van der Waals surface area contributed by atoms with Gasteiger partial charge in [-0.3, -0.25) is 4.79 Å². The molecule has 0 atom stereocenters. The molecular weight excluding hydrogens is 411 g/mol. The highest BCUT2D eigenvalue weighted by Gasteiger charge is 2.08. The number of hydrogen-bond acceptors (Lipinski definition) is 4. The molecule has 0 aliphatic rings. The van der Waals surface area contributed by atoms with Crippen molar-refractivity contribution in [3.05, 3.63) is 57.2 Å². The maximum Gasteiger partial charge on any atom is 0.271 e. The molecule has 0 unspecified atom stereocenters. The van der Waals surface area contributed by atoms with Crippen LogP contribution in [0.3, 0.4) is 0 Å². The Bertz CT molecular complexity index is 687. The molecule has 0 saturated heterocycles. The van der Waals surface area contributed by atoms with E-state index in [2.05, 4.69) is 33.1 Å². The zero-order chi connectivity index (χ0) is 15.9. The Morgan fingerprint density at radius 3 is 2.64 bits per heavy atom. The molecule has 1 amide bonds. The maximum atomic E-state index is 12.0. The van der Waals surface area contributed by atoms with Crippen LogP contribution in [0.15, 0.2) is 52.5 Å². The molecule has 0 spiro atoms. The number of amides is 1. The molecule has 0 bridgehead atoms. The van der Waals surface area contributed by atoms with Crippen LogP contribution >= 0.6 is 34.4 Å². The van der Waals surface area contributed by atoms with Crippen LogP contribution < -0.4 is 10.2 Å². The van der Waals surface area contributed by atoms with E-state index in [1.165, 1.54) is 4.90 Å². The largest absolute Gasteiger partial charge is 0.496 e. The fraction of sp³-hybridized carbons (Fsp3) is 0.125. The molecule has 114 valence electrons. The number of halogens is 1. The predicted octanol–water partition coefficient (Wildman–Crippen LogP) is 3.79. The Kier molecular flexibility index (Phi) is 6.26. The van der Waals surface area contributed by atoms with E-state index >= 15 is 0 Å². The van der Waals surface area contributed by atoms with Gasteiger partial charge in [-0.2, -0.15) is 5.10 Å². The van der Waals surface area contributed by atoms with Crippen molar-refractivity contribution in [1.82, 2.24) is 5.43 Å². The molecule has 2 aromatic rings. The second-order valence-electron chi connectivity index (χ2n) is 4.32. The quantitative estimate of drug-likeness (QED) is 0.343. The number of methoxy groups -OCH3 is 1. The first-order valence-corrected chi connectivity index (χ1v) is 8.75.